The van der Waals surface area contributed by atoms with Gasteiger partial charge in [-0.05, 0) is 114 Å². The number of hydrogen-bond acceptors (Lipinski definition) is 7. The molecule has 0 aliphatic carbocycles. The van der Waals surface area contributed by atoms with Gasteiger partial charge in [-0.15, -0.1) is 11.8 Å². The van der Waals surface area contributed by atoms with Crippen molar-refractivity contribution in [3.05, 3.63) is 154 Å². The van der Waals surface area contributed by atoms with Crippen molar-refractivity contribution >= 4 is 35.4 Å². The second-order valence-corrected chi connectivity index (χ2v) is 17.4. The second kappa shape index (κ2) is 21.7. The molecule has 0 unspecified atom stereocenters. The molecule has 2 heterocycles. The number of carbonyl (C=O) groups excluding carboxylic acids is 2. The summed E-state index contributed by atoms with van der Waals surface area (Å²) in [5, 5.41) is 3.59. The van der Waals surface area contributed by atoms with Gasteiger partial charge in [-0.3, -0.25) is 9.69 Å². The maximum atomic E-state index is 15.0. The third-order valence-electron chi connectivity index (χ3n) is 11.5. The highest BCUT2D eigenvalue weighted by molar-refractivity contribution is 7.99. The van der Waals surface area contributed by atoms with Gasteiger partial charge in [0.1, 0.15) is 36.6 Å². The molecule has 5 aromatic carbocycles. The second-order valence-electron chi connectivity index (χ2n) is 15.7. The van der Waals surface area contributed by atoms with Crippen LogP contribution < -0.4 is 10.1 Å². The van der Waals surface area contributed by atoms with E-state index in [2.05, 4.69) is 22.0 Å². The summed E-state index contributed by atoms with van der Waals surface area (Å²) >= 11 is 8.14. The molecule has 2 aliphatic rings. The maximum absolute atomic E-state index is 15.0. The summed E-state index contributed by atoms with van der Waals surface area (Å²) in [6, 6.07) is 34.0. The highest BCUT2D eigenvalue weighted by Crippen LogP contribution is 2.32. The number of likely N-dealkylation sites (tertiary alicyclic amines) is 1. The third kappa shape index (κ3) is 12.6. The number of benzene rings is 5. The number of ether oxygens (including phenoxy) is 2. The Labute approximate surface area is 367 Å². The number of halogens is 3. The SMILES string of the molecule is CCSc1cc(F)ccc1CN1CCN(C(=O)[C@H](NC(=O)OCc2ccccc2)C2CCN(CCc3cc(Cl)ccc3-c3cc(F)cc(OCc4ccccc4)c3)CC2)CC1. The van der Waals surface area contributed by atoms with E-state index in [1.165, 1.54) is 18.2 Å². The summed E-state index contributed by atoms with van der Waals surface area (Å²) in [6.45, 7) is 7.80. The molecule has 61 heavy (non-hydrogen) atoms. The van der Waals surface area contributed by atoms with Crippen LogP contribution in [0.25, 0.3) is 11.1 Å². The van der Waals surface area contributed by atoms with Crippen LogP contribution in [0.1, 0.15) is 42.0 Å². The van der Waals surface area contributed by atoms with Gasteiger partial charge in [0.25, 0.3) is 0 Å². The van der Waals surface area contributed by atoms with Crippen LogP contribution >= 0.6 is 23.4 Å². The highest BCUT2D eigenvalue weighted by Gasteiger charge is 2.37. The van der Waals surface area contributed by atoms with Crippen molar-refractivity contribution in [1.29, 1.82) is 0 Å². The van der Waals surface area contributed by atoms with E-state index in [0.717, 1.165) is 63.7 Å². The molecule has 0 radical (unpaired) electrons. The molecule has 0 aromatic heterocycles. The molecule has 2 aliphatic heterocycles. The summed E-state index contributed by atoms with van der Waals surface area (Å²) in [6.07, 6.45) is 1.50. The van der Waals surface area contributed by atoms with Gasteiger partial charge < -0.3 is 24.6 Å². The van der Waals surface area contributed by atoms with Crippen molar-refractivity contribution in [3.8, 4) is 16.9 Å². The molecule has 1 atom stereocenters. The molecule has 2 fully saturated rings. The maximum Gasteiger partial charge on any atom is 0.408 e. The van der Waals surface area contributed by atoms with Crippen LogP contribution in [0.3, 0.4) is 0 Å². The highest BCUT2D eigenvalue weighted by atomic mass is 35.5. The first-order valence-electron chi connectivity index (χ1n) is 21.1. The number of hydrogen-bond donors (Lipinski definition) is 1. The Balaban J connectivity index is 0.978. The summed E-state index contributed by atoms with van der Waals surface area (Å²) in [7, 11) is 0. The van der Waals surface area contributed by atoms with E-state index >= 15 is 0 Å². The Hall–Kier alpha value is -4.94. The van der Waals surface area contributed by atoms with Crippen molar-refractivity contribution in [2.24, 2.45) is 5.92 Å². The topological polar surface area (TPSA) is 74.3 Å². The van der Waals surface area contributed by atoms with Crippen molar-refractivity contribution in [2.45, 2.75) is 56.9 Å². The van der Waals surface area contributed by atoms with Crippen LogP contribution in [0.5, 0.6) is 5.75 Å². The largest absolute Gasteiger partial charge is 0.489 e. The van der Waals surface area contributed by atoms with Crippen LogP contribution in [0, 0.1) is 17.6 Å². The molecule has 0 bridgehead atoms. The molecule has 0 spiro atoms. The Morgan fingerprint density at radius 2 is 1.48 bits per heavy atom. The van der Waals surface area contributed by atoms with Crippen molar-refractivity contribution in [3.63, 3.8) is 0 Å². The molecular weight excluding hydrogens is 814 g/mol. The van der Waals surface area contributed by atoms with Crippen LogP contribution in [0.15, 0.2) is 120 Å². The Morgan fingerprint density at radius 3 is 2.18 bits per heavy atom. The van der Waals surface area contributed by atoms with Gasteiger partial charge >= 0.3 is 6.09 Å². The van der Waals surface area contributed by atoms with Gasteiger partial charge in [0, 0.05) is 55.3 Å². The van der Waals surface area contributed by atoms with E-state index in [1.54, 1.807) is 17.8 Å². The first-order chi connectivity index (χ1) is 29.7. The van der Waals surface area contributed by atoms with E-state index in [1.807, 2.05) is 95.9 Å². The Kier molecular flexibility index (Phi) is 15.7. The van der Waals surface area contributed by atoms with Crippen LogP contribution in [0.2, 0.25) is 5.02 Å². The number of amides is 2. The number of thioether (sulfide) groups is 1. The van der Waals surface area contributed by atoms with Crippen molar-refractivity contribution in [2.75, 3.05) is 51.6 Å². The summed E-state index contributed by atoms with van der Waals surface area (Å²) in [4.78, 5) is 35.1. The molecule has 5 aromatic rings. The minimum atomic E-state index is -0.729. The molecule has 12 heteroatoms. The molecule has 1 N–H and O–H groups in total. The summed E-state index contributed by atoms with van der Waals surface area (Å²) in [5.74, 6) is 0.518. The molecule has 2 amide bonds. The molecule has 320 valence electrons. The normalized spacial score (nSPS) is 15.6. The van der Waals surface area contributed by atoms with E-state index in [-0.39, 0.29) is 30.1 Å². The minimum absolute atomic E-state index is 0.0813. The number of piperazine rings is 1. The number of rotatable bonds is 16. The lowest BCUT2D eigenvalue weighted by atomic mass is 9.88. The van der Waals surface area contributed by atoms with Gasteiger partial charge in [0.05, 0.1) is 0 Å². The summed E-state index contributed by atoms with van der Waals surface area (Å²) in [5.41, 5.74) is 5.56. The van der Waals surface area contributed by atoms with Gasteiger partial charge in [0.15, 0.2) is 0 Å². The fraction of sp³-hybridized carbons (Fsp3) is 0.347. The van der Waals surface area contributed by atoms with Crippen LogP contribution in [-0.2, 0) is 35.7 Å². The quantitative estimate of drug-likeness (QED) is 0.0991. The van der Waals surface area contributed by atoms with Gasteiger partial charge in [-0.2, -0.15) is 0 Å². The smallest absolute Gasteiger partial charge is 0.408 e. The number of carbonyl (C=O) groups is 2. The number of alkyl carbamates (subject to hydrolysis) is 1. The van der Waals surface area contributed by atoms with Crippen molar-refractivity contribution in [1.82, 2.24) is 20.0 Å². The van der Waals surface area contributed by atoms with Gasteiger partial charge in [-0.1, -0.05) is 91.3 Å². The molecular formula is C49H53ClF2N4O4S. The van der Waals surface area contributed by atoms with Gasteiger partial charge in [0.2, 0.25) is 5.91 Å². The first-order valence-corrected chi connectivity index (χ1v) is 22.4. The molecule has 2 saturated heterocycles. The van der Waals surface area contributed by atoms with E-state index in [9.17, 15) is 18.4 Å². The lowest BCUT2D eigenvalue weighted by Crippen LogP contribution is -2.58. The van der Waals surface area contributed by atoms with Crippen LogP contribution in [-0.4, -0.2) is 84.3 Å². The number of nitrogens with one attached hydrogen (secondary N) is 1. The zero-order valence-electron chi connectivity index (χ0n) is 34.5. The fourth-order valence-electron chi connectivity index (χ4n) is 8.17. The van der Waals surface area contributed by atoms with Crippen molar-refractivity contribution < 1.29 is 27.8 Å². The Bertz CT molecular complexity index is 2220. The molecule has 0 saturated carbocycles. The Morgan fingerprint density at radius 1 is 0.770 bits per heavy atom. The average molecular weight is 868 g/mol. The zero-order valence-corrected chi connectivity index (χ0v) is 36.1. The lowest BCUT2D eigenvalue weighted by Gasteiger charge is -2.40. The van der Waals surface area contributed by atoms with E-state index < -0.39 is 12.1 Å². The predicted molar refractivity (Wildman–Crippen MR) is 239 cm³/mol. The lowest BCUT2D eigenvalue weighted by molar-refractivity contribution is -0.137. The standard InChI is InChI=1S/C49H53ClF2N4O4S/c1-2-61-46-31-42(51)15-13-39(46)32-55-23-25-56(26-24-55)48(57)47(53-49(58)60-34-36-11-7-4-8-12-36)37-17-20-54(21-18-37)22-19-38-27-41(50)14-16-45(38)40-28-43(52)30-44(29-40)59-33-35-9-5-3-6-10-35/h3-16,27-31,37,47H,2,17-26,32-34H2,1H3,(H,53,58)/t47-/m1/s1. The summed E-state index contributed by atoms with van der Waals surface area (Å²) < 4.78 is 40.6. The zero-order chi connectivity index (χ0) is 42.6. The number of piperidine rings is 1. The monoisotopic (exact) mass is 866 g/mol. The average Bonchev–Trinajstić information content (AvgIpc) is 3.28. The molecule has 8 nitrogen and oxygen atoms in total. The van der Waals surface area contributed by atoms with Gasteiger partial charge in [-0.25, -0.2) is 13.6 Å². The van der Waals surface area contributed by atoms with E-state index in [0.29, 0.717) is 69.4 Å². The van der Waals surface area contributed by atoms with E-state index in [4.69, 9.17) is 21.1 Å². The first kappa shape index (κ1) is 44.1. The predicted octanol–water partition coefficient (Wildman–Crippen LogP) is 9.87. The number of nitrogens with zero attached hydrogens (tertiary/aromatic N) is 3. The molecule has 7 rings (SSSR count). The van der Waals surface area contributed by atoms with Crippen LogP contribution in [0.4, 0.5) is 13.6 Å². The minimum Gasteiger partial charge on any atom is -0.489 e. The fourth-order valence-corrected chi connectivity index (χ4v) is 9.19. The third-order valence-corrected chi connectivity index (χ3v) is 12.7.